The molecule has 2 heterocycles. The van der Waals surface area contributed by atoms with Crippen LogP contribution >= 0.6 is 0 Å². The largest absolute Gasteiger partial charge is 0.469 e. The number of rotatable bonds is 4. The van der Waals surface area contributed by atoms with E-state index in [2.05, 4.69) is 11.9 Å². The van der Waals surface area contributed by atoms with E-state index in [9.17, 15) is 5.11 Å². The molecule has 5 heteroatoms. The van der Waals surface area contributed by atoms with Crippen molar-refractivity contribution < 1.29 is 9.52 Å². The number of aliphatic hydroxyl groups excluding tert-OH is 1. The second-order valence-electron chi connectivity index (χ2n) is 4.94. The van der Waals surface area contributed by atoms with Crippen molar-refractivity contribution in [1.29, 1.82) is 0 Å². The van der Waals surface area contributed by atoms with Crippen LogP contribution in [0.3, 0.4) is 0 Å². The van der Waals surface area contributed by atoms with Crippen LogP contribution in [-0.4, -0.2) is 14.7 Å². The minimum Gasteiger partial charge on any atom is -0.469 e. The molecule has 0 radical (unpaired) electrons. The van der Waals surface area contributed by atoms with Gasteiger partial charge in [0.25, 0.3) is 0 Å². The number of fused-ring (bicyclic) bond motifs is 1. The van der Waals surface area contributed by atoms with Crippen LogP contribution in [0.2, 0.25) is 0 Å². The van der Waals surface area contributed by atoms with E-state index in [4.69, 9.17) is 10.2 Å². The summed E-state index contributed by atoms with van der Waals surface area (Å²) in [4.78, 5) is 4.44. The molecule has 3 rings (SSSR count). The molecule has 3 aromatic rings. The van der Waals surface area contributed by atoms with Gasteiger partial charge < -0.3 is 19.8 Å². The molecule has 0 bridgehead atoms. The zero-order chi connectivity index (χ0) is 14.1. The van der Waals surface area contributed by atoms with Gasteiger partial charge in [-0.05, 0) is 37.3 Å². The van der Waals surface area contributed by atoms with Crippen molar-refractivity contribution in [3.05, 3.63) is 48.2 Å². The van der Waals surface area contributed by atoms with Crippen LogP contribution in [0.5, 0.6) is 0 Å². The Kier molecular flexibility index (Phi) is 3.20. The maximum atomic E-state index is 9.53. The maximum Gasteiger partial charge on any atom is 0.135 e. The summed E-state index contributed by atoms with van der Waals surface area (Å²) in [6.07, 6.45) is 2.41. The fraction of sp³-hybridized carbons (Fsp3) is 0.267. The lowest BCUT2D eigenvalue weighted by atomic mass is 10.2. The Balaban J connectivity index is 2.04. The van der Waals surface area contributed by atoms with Crippen LogP contribution in [0.1, 0.15) is 24.6 Å². The number of nitrogens with two attached hydrogens (primary N) is 1. The first-order valence-electron chi connectivity index (χ1n) is 6.58. The number of hydrogen-bond donors (Lipinski definition) is 2. The van der Waals surface area contributed by atoms with E-state index in [0.717, 1.165) is 23.2 Å². The fourth-order valence-electron chi connectivity index (χ4n) is 2.58. The van der Waals surface area contributed by atoms with Crippen molar-refractivity contribution in [1.82, 2.24) is 9.55 Å². The third-order valence-electron chi connectivity index (χ3n) is 3.45. The number of anilines is 1. The lowest BCUT2D eigenvalue weighted by Crippen LogP contribution is -2.11. The summed E-state index contributed by atoms with van der Waals surface area (Å²) in [6, 6.07) is 9.58. The molecule has 0 aliphatic carbocycles. The molecule has 20 heavy (non-hydrogen) atoms. The average Bonchev–Trinajstić information content (AvgIpc) is 3.04. The molecule has 1 aromatic carbocycles. The number of imidazole rings is 1. The van der Waals surface area contributed by atoms with E-state index in [1.54, 1.807) is 6.26 Å². The van der Waals surface area contributed by atoms with Gasteiger partial charge in [0.15, 0.2) is 0 Å². The first-order chi connectivity index (χ1) is 9.69. The number of nitrogen functional groups attached to an aromatic ring is 1. The molecule has 5 nitrogen and oxygen atoms in total. The third kappa shape index (κ3) is 2.16. The number of benzene rings is 1. The van der Waals surface area contributed by atoms with Crippen molar-refractivity contribution in [3.8, 4) is 0 Å². The molecule has 0 aliphatic rings. The van der Waals surface area contributed by atoms with Crippen molar-refractivity contribution in [3.63, 3.8) is 0 Å². The summed E-state index contributed by atoms with van der Waals surface area (Å²) < 4.78 is 7.43. The monoisotopic (exact) mass is 271 g/mol. The van der Waals surface area contributed by atoms with Crippen LogP contribution in [-0.2, 0) is 13.0 Å². The van der Waals surface area contributed by atoms with Gasteiger partial charge in [0, 0.05) is 18.2 Å². The van der Waals surface area contributed by atoms with Crippen molar-refractivity contribution in [2.45, 2.75) is 26.0 Å². The Morgan fingerprint density at radius 2 is 2.25 bits per heavy atom. The molecule has 0 saturated heterocycles. The Morgan fingerprint density at radius 1 is 1.40 bits per heavy atom. The molecule has 0 aliphatic heterocycles. The summed E-state index contributed by atoms with van der Waals surface area (Å²) in [7, 11) is 0. The molecule has 2 aromatic heterocycles. The highest BCUT2D eigenvalue weighted by molar-refractivity contribution is 5.79. The number of furan rings is 1. The Morgan fingerprint density at radius 3 is 2.95 bits per heavy atom. The van der Waals surface area contributed by atoms with Crippen LogP contribution in [0, 0.1) is 0 Å². The molecule has 1 atom stereocenters. The molecule has 0 amide bonds. The number of nitrogens with zero attached hydrogens (tertiary/aromatic N) is 2. The SMILES string of the molecule is CC(Cc1ccco1)n1c(CO)nc2cc(N)ccc21. The highest BCUT2D eigenvalue weighted by atomic mass is 16.3. The predicted molar refractivity (Wildman–Crippen MR) is 77.2 cm³/mol. The normalized spacial score (nSPS) is 12.9. The zero-order valence-electron chi connectivity index (χ0n) is 11.3. The van der Waals surface area contributed by atoms with Gasteiger partial charge >= 0.3 is 0 Å². The highest BCUT2D eigenvalue weighted by Crippen LogP contribution is 2.25. The topological polar surface area (TPSA) is 77.2 Å². The van der Waals surface area contributed by atoms with Gasteiger partial charge in [-0.15, -0.1) is 0 Å². The summed E-state index contributed by atoms with van der Waals surface area (Å²) in [5.74, 6) is 1.56. The summed E-state index contributed by atoms with van der Waals surface area (Å²) in [5, 5.41) is 9.53. The van der Waals surface area contributed by atoms with E-state index in [0.29, 0.717) is 11.5 Å². The standard InChI is InChI=1S/C15H17N3O2/c1-10(7-12-3-2-6-20-12)18-14-5-4-11(16)8-13(14)17-15(18)9-19/h2-6,8,10,19H,7,9,16H2,1H3. The number of aromatic nitrogens is 2. The van der Waals surface area contributed by atoms with Crippen molar-refractivity contribution in [2.24, 2.45) is 0 Å². The smallest absolute Gasteiger partial charge is 0.135 e. The molecular weight excluding hydrogens is 254 g/mol. The summed E-state index contributed by atoms with van der Waals surface area (Å²) >= 11 is 0. The molecule has 0 fully saturated rings. The van der Waals surface area contributed by atoms with Gasteiger partial charge in [0.05, 0.1) is 17.3 Å². The first-order valence-corrected chi connectivity index (χ1v) is 6.58. The number of hydrogen-bond acceptors (Lipinski definition) is 4. The first kappa shape index (κ1) is 12.7. The van der Waals surface area contributed by atoms with Crippen LogP contribution in [0.15, 0.2) is 41.0 Å². The minimum atomic E-state index is -0.100. The van der Waals surface area contributed by atoms with Crippen LogP contribution in [0.4, 0.5) is 5.69 Å². The second-order valence-corrected chi connectivity index (χ2v) is 4.94. The van der Waals surface area contributed by atoms with Gasteiger partial charge in [-0.25, -0.2) is 4.98 Å². The van der Waals surface area contributed by atoms with Crippen molar-refractivity contribution in [2.75, 3.05) is 5.73 Å². The third-order valence-corrected chi connectivity index (χ3v) is 3.45. The lowest BCUT2D eigenvalue weighted by molar-refractivity contribution is 0.261. The van der Waals surface area contributed by atoms with Gasteiger partial charge in [-0.3, -0.25) is 0 Å². The molecule has 104 valence electrons. The molecule has 0 spiro atoms. The van der Waals surface area contributed by atoms with E-state index in [-0.39, 0.29) is 12.6 Å². The highest BCUT2D eigenvalue weighted by Gasteiger charge is 2.16. The Bertz CT molecular complexity index is 716. The van der Waals surface area contributed by atoms with E-state index in [1.165, 1.54) is 0 Å². The fourth-order valence-corrected chi connectivity index (χ4v) is 2.58. The lowest BCUT2D eigenvalue weighted by Gasteiger charge is -2.16. The van der Waals surface area contributed by atoms with Gasteiger partial charge in [0.2, 0.25) is 0 Å². The molecule has 1 unspecified atom stereocenters. The Labute approximate surface area is 116 Å². The minimum absolute atomic E-state index is 0.100. The van der Waals surface area contributed by atoms with E-state index in [1.807, 2.05) is 34.9 Å². The zero-order valence-corrected chi connectivity index (χ0v) is 11.3. The molecular formula is C15H17N3O2. The Hall–Kier alpha value is -2.27. The summed E-state index contributed by atoms with van der Waals surface area (Å²) in [6.45, 7) is 1.98. The van der Waals surface area contributed by atoms with E-state index < -0.39 is 0 Å². The maximum absolute atomic E-state index is 9.53. The van der Waals surface area contributed by atoms with Crippen LogP contribution < -0.4 is 5.73 Å². The van der Waals surface area contributed by atoms with E-state index >= 15 is 0 Å². The second kappa shape index (κ2) is 5.02. The quantitative estimate of drug-likeness (QED) is 0.715. The molecule has 0 saturated carbocycles. The number of aliphatic hydroxyl groups is 1. The molecule has 3 N–H and O–H groups in total. The van der Waals surface area contributed by atoms with Gasteiger partial charge in [0.1, 0.15) is 18.2 Å². The average molecular weight is 271 g/mol. The predicted octanol–water partition coefficient (Wildman–Crippen LogP) is 2.51. The van der Waals surface area contributed by atoms with Gasteiger partial charge in [-0.1, -0.05) is 0 Å². The van der Waals surface area contributed by atoms with Crippen LogP contribution in [0.25, 0.3) is 11.0 Å². The van der Waals surface area contributed by atoms with Crippen molar-refractivity contribution >= 4 is 16.7 Å². The van der Waals surface area contributed by atoms with Gasteiger partial charge in [-0.2, -0.15) is 0 Å². The summed E-state index contributed by atoms with van der Waals surface area (Å²) in [5.41, 5.74) is 8.24.